The largest absolute Gasteiger partial charge is 0.489 e. The van der Waals surface area contributed by atoms with Crippen LogP contribution in [0, 0.1) is 0 Å². The zero-order valence-corrected chi connectivity index (χ0v) is 14.6. The summed E-state index contributed by atoms with van der Waals surface area (Å²) in [7, 11) is 0. The van der Waals surface area contributed by atoms with Crippen LogP contribution >= 0.6 is 11.3 Å². The number of hydrogen-bond acceptors (Lipinski definition) is 4. The maximum Gasteiger partial charge on any atom is 0.335 e. The monoisotopic (exact) mass is 347 g/mol. The van der Waals surface area contributed by atoms with Gasteiger partial charge in [0.15, 0.2) is 0 Å². The van der Waals surface area contributed by atoms with Crippen molar-refractivity contribution in [1.29, 1.82) is 0 Å². The number of amides is 1. The number of rotatable bonds is 8. The molecule has 1 aromatic heterocycles. The Balaban J connectivity index is 2.00. The number of hydrogen-bond donors (Lipinski definition) is 2. The topological polar surface area (TPSA) is 75.6 Å². The molecule has 0 bridgehead atoms. The number of aryl methyl sites for hydroxylation is 1. The van der Waals surface area contributed by atoms with E-state index in [4.69, 9.17) is 9.84 Å². The summed E-state index contributed by atoms with van der Waals surface area (Å²) in [4.78, 5) is 24.5. The Morgan fingerprint density at radius 2 is 2.08 bits per heavy atom. The van der Waals surface area contributed by atoms with Crippen LogP contribution in [0.2, 0.25) is 0 Å². The molecule has 0 unspecified atom stereocenters. The van der Waals surface area contributed by atoms with Crippen LogP contribution in [0.3, 0.4) is 0 Å². The van der Waals surface area contributed by atoms with Crippen molar-refractivity contribution in [1.82, 2.24) is 0 Å². The summed E-state index contributed by atoms with van der Waals surface area (Å²) < 4.78 is 5.64. The smallest absolute Gasteiger partial charge is 0.335 e. The molecule has 0 spiro atoms. The van der Waals surface area contributed by atoms with Gasteiger partial charge < -0.3 is 15.2 Å². The number of aromatic carboxylic acids is 1. The van der Waals surface area contributed by atoms with E-state index < -0.39 is 5.97 Å². The van der Waals surface area contributed by atoms with Crippen molar-refractivity contribution in [2.75, 3.05) is 5.32 Å². The fourth-order valence-corrected chi connectivity index (χ4v) is 2.96. The molecule has 128 valence electrons. The highest BCUT2D eigenvalue weighted by molar-refractivity contribution is 7.09. The Kier molecular flexibility index (Phi) is 6.37. The summed E-state index contributed by atoms with van der Waals surface area (Å²) in [5.41, 5.74) is 0.504. The third kappa shape index (κ3) is 5.38. The second-order valence-electron chi connectivity index (χ2n) is 5.66. The molecule has 2 N–H and O–H groups in total. The predicted octanol–water partition coefficient (Wildman–Crippen LogP) is 4.19. The molecule has 0 aliphatic rings. The average molecular weight is 347 g/mol. The van der Waals surface area contributed by atoms with Gasteiger partial charge >= 0.3 is 5.97 Å². The van der Waals surface area contributed by atoms with E-state index in [1.165, 1.54) is 17.0 Å². The third-order valence-corrected chi connectivity index (χ3v) is 4.21. The van der Waals surface area contributed by atoms with Crippen molar-refractivity contribution < 1.29 is 19.4 Å². The van der Waals surface area contributed by atoms with Crippen molar-refractivity contribution in [3.8, 4) is 5.75 Å². The van der Waals surface area contributed by atoms with E-state index in [0.29, 0.717) is 17.9 Å². The van der Waals surface area contributed by atoms with E-state index >= 15 is 0 Å². The van der Waals surface area contributed by atoms with Crippen LogP contribution in [-0.2, 0) is 11.2 Å². The third-order valence-electron chi connectivity index (χ3n) is 3.27. The first kappa shape index (κ1) is 18.0. The van der Waals surface area contributed by atoms with Gasteiger partial charge in [-0.05, 0) is 56.3 Å². The molecule has 0 saturated carbocycles. The minimum Gasteiger partial charge on any atom is -0.489 e. The molecule has 6 heteroatoms. The lowest BCUT2D eigenvalue weighted by Crippen LogP contribution is -2.15. The van der Waals surface area contributed by atoms with E-state index in [9.17, 15) is 9.59 Å². The van der Waals surface area contributed by atoms with Crippen molar-refractivity contribution in [2.24, 2.45) is 0 Å². The standard InChI is InChI=1S/C18H21NO4S/c1-12(2)23-16-9-8-13(18(21)22)11-15(16)19-17(20)7-3-5-14-6-4-10-24-14/h4,6,8-12H,3,5,7H2,1-2H3,(H,19,20)(H,21,22). The molecule has 1 heterocycles. The molecular weight excluding hydrogens is 326 g/mol. The van der Waals surface area contributed by atoms with E-state index in [1.54, 1.807) is 17.4 Å². The lowest BCUT2D eigenvalue weighted by molar-refractivity contribution is -0.116. The fourth-order valence-electron chi connectivity index (χ4n) is 2.21. The van der Waals surface area contributed by atoms with E-state index in [1.807, 2.05) is 31.4 Å². The van der Waals surface area contributed by atoms with Gasteiger partial charge in [-0.2, -0.15) is 0 Å². The van der Waals surface area contributed by atoms with Gasteiger partial charge in [-0.3, -0.25) is 4.79 Å². The van der Waals surface area contributed by atoms with Gasteiger partial charge in [0.25, 0.3) is 0 Å². The van der Waals surface area contributed by atoms with Crippen LogP contribution in [0.1, 0.15) is 41.9 Å². The lowest BCUT2D eigenvalue weighted by atomic mass is 10.1. The van der Waals surface area contributed by atoms with Crippen LogP contribution in [0.5, 0.6) is 5.75 Å². The molecule has 0 saturated heterocycles. The van der Waals surface area contributed by atoms with Gasteiger partial charge in [0.05, 0.1) is 17.4 Å². The number of carbonyl (C=O) groups excluding carboxylic acids is 1. The summed E-state index contributed by atoms with van der Waals surface area (Å²) >= 11 is 1.68. The van der Waals surface area contributed by atoms with Gasteiger partial charge in [0.2, 0.25) is 5.91 Å². The minimum absolute atomic E-state index is 0.0739. The molecule has 1 amide bonds. The zero-order chi connectivity index (χ0) is 17.5. The fraction of sp³-hybridized carbons (Fsp3) is 0.333. The first-order chi connectivity index (χ1) is 11.5. The second-order valence-corrected chi connectivity index (χ2v) is 6.70. The summed E-state index contributed by atoms with van der Waals surface area (Å²) in [6.45, 7) is 3.75. The molecule has 0 fully saturated rings. The van der Waals surface area contributed by atoms with Crippen molar-refractivity contribution in [3.05, 3.63) is 46.2 Å². The van der Waals surface area contributed by atoms with Gasteiger partial charge in [0.1, 0.15) is 5.75 Å². The molecule has 1 aromatic carbocycles. The van der Waals surface area contributed by atoms with Gasteiger partial charge in [0, 0.05) is 11.3 Å². The summed E-state index contributed by atoms with van der Waals surface area (Å²) in [5.74, 6) is -0.719. The predicted molar refractivity (Wildman–Crippen MR) is 95.1 cm³/mol. The van der Waals surface area contributed by atoms with Crippen molar-refractivity contribution in [3.63, 3.8) is 0 Å². The van der Waals surface area contributed by atoms with Crippen LogP contribution in [-0.4, -0.2) is 23.1 Å². The van der Waals surface area contributed by atoms with Crippen molar-refractivity contribution in [2.45, 2.75) is 39.2 Å². The lowest BCUT2D eigenvalue weighted by Gasteiger charge is -2.15. The molecule has 5 nitrogen and oxygen atoms in total. The van der Waals surface area contributed by atoms with Gasteiger partial charge in [-0.15, -0.1) is 11.3 Å². The zero-order valence-electron chi connectivity index (χ0n) is 13.7. The molecule has 0 aliphatic carbocycles. The van der Waals surface area contributed by atoms with E-state index in [0.717, 1.165) is 12.8 Å². The van der Waals surface area contributed by atoms with E-state index in [2.05, 4.69) is 5.32 Å². The summed E-state index contributed by atoms with van der Waals surface area (Å²) in [5, 5.41) is 13.9. The molecular formula is C18H21NO4S. The molecule has 24 heavy (non-hydrogen) atoms. The highest BCUT2D eigenvalue weighted by Gasteiger charge is 2.13. The molecule has 2 aromatic rings. The number of benzene rings is 1. The number of carbonyl (C=O) groups is 2. The number of carboxylic acids is 1. The van der Waals surface area contributed by atoms with Crippen LogP contribution in [0.25, 0.3) is 0 Å². The van der Waals surface area contributed by atoms with Gasteiger partial charge in [-0.1, -0.05) is 6.07 Å². The number of anilines is 1. The molecule has 2 rings (SSSR count). The Bertz CT molecular complexity index is 695. The van der Waals surface area contributed by atoms with Crippen LogP contribution in [0.4, 0.5) is 5.69 Å². The molecule has 0 radical (unpaired) electrons. The van der Waals surface area contributed by atoms with Gasteiger partial charge in [-0.25, -0.2) is 4.79 Å². The van der Waals surface area contributed by atoms with Crippen molar-refractivity contribution >= 4 is 28.9 Å². The second kappa shape index (κ2) is 8.49. The number of carboxylic acid groups (broad SMARTS) is 1. The van der Waals surface area contributed by atoms with E-state index in [-0.39, 0.29) is 17.6 Å². The Morgan fingerprint density at radius 3 is 2.71 bits per heavy atom. The maximum atomic E-state index is 12.1. The molecule has 0 atom stereocenters. The summed E-state index contributed by atoms with van der Waals surface area (Å²) in [6.07, 6.45) is 1.90. The quantitative estimate of drug-likeness (QED) is 0.750. The Hall–Kier alpha value is -2.34. The average Bonchev–Trinajstić information content (AvgIpc) is 3.01. The highest BCUT2D eigenvalue weighted by atomic mass is 32.1. The highest BCUT2D eigenvalue weighted by Crippen LogP contribution is 2.27. The van der Waals surface area contributed by atoms with Crippen LogP contribution < -0.4 is 10.1 Å². The Labute approximate surface area is 145 Å². The number of ether oxygens (including phenoxy) is 1. The Morgan fingerprint density at radius 1 is 1.29 bits per heavy atom. The molecule has 0 aliphatic heterocycles. The minimum atomic E-state index is -1.04. The summed E-state index contributed by atoms with van der Waals surface area (Å²) in [6, 6.07) is 8.51. The first-order valence-corrected chi connectivity index (χ1v) is 8.70. The maximum absolute atomic E-state index is 12.1. The SMILES string of the molecule is CC(C)Oc1ccc(C(=O)O)cc1NC(=O)CCCc1cccs1. The van der Waals surface area contributed by atoms with Crippen LogP contribution in [0.15, 0.2) is 35.7 Å². The number of thiophene rings is 1. The number of nitrogens with one attached hydrogen (secondary N) is 1. The first-order valence-electron chi connectivity index (χ1n) is 7.82. The normalized spacial score (nSPS) is 10.6.